The summed E-state index contributed by atoms with van der Waals surface area (Å²) in [6, 6.07) is 15.3. The first kappa shape index (κ1) is 22.2. The quantitative estimate of drug-likeness (QED) is 0.328. The third-order valence-electron chi connectivity index (χ3n) is 4.72. The number of rotatable bonds is 6. The van der Waals surface area contributed by atoms with Crippen molar-refractivity contribution in [3.8, 4) is 5.75 Å². The number of methoxy groups -OCH3 is 1. The molecule has 3 aromatic rings. The Balaban J connectivity index is 2.12. The van der Waals surface area contributed by atoms with E-state index in [4.69, 9.17) is 27.9 Å². The van der Waals surface area contributed by atoms with E-state index in [1.807, 2.05) is 6.07 Å². The third kappa shape index (κ3) is 4.04. The number of hydrogen-bond acceptors (Lipinski definition) is 4. The van der Waals surface area contributed by atoms with Crippen molar-refractivity contribution in [3.63, 3.8) is 0 Å². The maximum atomic E-state index is 13.2. The highest BCUT2D eigenvalue weighted by Gasteiger charge is 2.41. The molecule has 3 rings (SSSR count). The molecule has 30 heavy (non-hydrogen) atoms. The second kappa shape index (κ2) is 9.09. The summed E-state index contributed by atoms with van der Waals surface area (Å²) in [7, 11) is -1.31. The number of carbonyl (C=O) groups excluding carboxylic acids is 2. The second-order valence-electron chi connectivity index (χ2n) is 6.66. The second-order valence-corrected chi connectivity index (χ2v) is 8.89. The minimum Gasteiger partial charge on any atom is -0.491 e. The molecule has 0 heterocycles. The molecule has 0 saturated carbocycles. The summed E-state index contributed by atoms with van der Waals surface area (Å²) in [4.78, 5) is 25.9. The first-order chi connectivity index (χ1) is 14.3. The molecule has 0 aliphatic carbocycles. The molecule has 0 bridgehead atoms. The van der Waals surface area contributed by atoms with Gasteiger partial charge in [0.15, 0.2) is 11.5 Å². The normalized spacial score (nSPS) is 11.2. The zero-order chi connectivity index (χ0) is 22.0. The molecule has 1 atom stereocenters. The third-order valence-corrected chi connectivity index (χ3v) is 6.96. The van der Waals surface area contributed by atoms with Crippen LogP contribution in [0.3, 0.4) is 0 Å². The van der Waals surface area contributed by atoms with Gasteiger partial charge in [0, 0.05) is 11.1 Å². The summed E-state index contributed by atoms with van der Waals surface area (Å²) >= 11 is 12.8. The number of halogens is 2. The van der Waals surface area contributed by atoms with Crippen molar-refractivity contribution in [1.29, 1.82) is 0 Å². The molecular weight excluding hydrogens is 442 g/mol. The molecule has 152 valence electrons. The summed E-state index contributed by atoms with van der Waals surface area (Å²) in [5, 5.41) is -0.0731. The van der Waals surface area contributed by atoms with Crippen LogP contribution < -0.4 is 10.0 Å². The topological polar surface area (TPSA) is 60.4 Å². The van der Waals surface area contributed by atoms with Crippen molar-refractivity contribution >= 4 is 47.6 Å². The molecule has 0 saturated heterocycles. The lowest BCUT2D eigenvalue weighted by Gasteiger charge is -2.10. The highest BCUT2D eigenvalue weighted by molar-refractivity contribution is 7.72. The van der Waals surface area contributed by atoms with E-state index >= 15 is 0 Å². The van der Waals surface area contributed by atoms with Crippen LogP contribution in [0.4, 0.5) is 0 Å². The Labute approximate surface area is 185 Å². The summed E-state index contributed by atoms with van der Waals surface area (Å²) in [5.41, 5.74) is 1.75. The highest BCUT2D eigenvalue weighted by atomic mass is 35.5. The van der Waals surface area contributed by atoms with E-state index in [0.29, 0.717) is 22.3 Å². The molecule has 0 N–H and O–H groups in total. The van der Waals surface area contributed by atoms with Gasteiger partial charge >= 0.3 is 13.3 Å². The molecule has 0 aliphatic rings. The van der Waals surface area contributed by atoms with Gasteiger partial charge in [-0.05, 0) is 31.0 Å². The van der Waals surface area contributed by atoms with Crippen LogP contribution in [0, 0.1) is 13.8 Å². The zero-order valence-electron chi connectivity index (χ0n) is 16.5. The van der Waals surface area contributed by atoms with Crippen LogP contribution in [0.5, 0.6) is 5.75 Å². The number of benzene rings is 3. The largest absolute Gasteiger partial charge is 0.491 e. The average molecular weight is 460 g/mol. The Morgan fingerprint density at radius 1 is 0.933 bits per heavy atom. The molecule has 4 nitrogen and oxygen atoms in total. The van der Waals surface area contributed by atoms with E-state index in [1.165, 1.54) is 13.2 Å². The number of aryl methyl sites for hydroxylation is 2. The SMILES string of the molecule is COc1c(Cl)c(C(=O)c2ccccc2)cc(Cl)c1[P+](=O)C(=O)c1c(C)cccc1C. The van der Waals surface area contributed by atoms with Gasteiger partial charge in [-0.25, -0.2) is 4.79 Å². The standard InChI is InChI=1S/C23H18Cl2O4P/c1-13-8-7-9-14(2)18(13)23(27)30(28)22-17(24)12-16(19(25)21(22)29-3)20(26)15-10-5-4-6-11-15/h4-12H,1-3H3/q+1. The monoisotopic (exact) mass is 459 g/mol. The molecule has 0 amide bonds. The Bertz CT molecular complexity index is 1150. The van der Waals surface area contributed by atoms with Crippen molar-refractivity contribution in [3.05, 3.63) is 92.5 Å². The van der Waals surface area contributed by atoms with Crippen LogP contribution in [0.15, 0.2) is 54.6 Å². The maximum absolute atomic E-state index is 13.2. The molecule has 0 fully saturated rings. The summed E-state index contributed by atoms with van der Waals surface area (Å²) in [6.45, 7) is 3.55. The van der Waals surface area contributed by atoms with E-state index in [0.717, 1.165) is 0 Å². The van der Waals surface area contributed by atoms with E-state index in [9.17, 15) is 14.2 Å². The predicted molar refractivity (Wildman–Crippen MR) is 120 cm³/mol. The lowest BCUT2D eigenvalue weighted by atomic mass is 10.0. The van der Waals surface area contributed by atoms with Gasteiger partial charge in [0.1, 0.15) is 0 Å². The van der Waals surface area contributed by atoms with Crippen LogP contribution in [-0.2, 0) is 4.57 Å². The Kier molecular flexibility index (Phi) is 6.72. The molecule has 0 spiro atoms. The van der Waals surface area contributed by atoms with Gasteiger partial charge < -0.3 is 4.74 Å². The van der Waals surface area contributed by atoms with Crippen LogP contribution in [0.1, 0.15) is 37.4 Å². The number of carbonyl (C=O) groups is 2. The van der Waals surface area contributed by atoms with Crippen molar-refractivity contribution in [1.82, 2.24) is 0 Å². The maximum Gasteiger partial charge on any atom is 0.464 e. The van der Waals surface area contributed by atoms with Gasteiger partial charge in [0.2, 0.25) is 0 Å². The number of hydrogen-bond donors (Lipinski definition) is 0. The minimum atomic E-state index is -2.64. The first-order valence-corrected chi connectivity index (χ1v) is 11.0. The van der Waals surface area contributed by atoms with Gasteiger partial charge in [-0.15, -0.1) is 0 Å². The summed E-state index contributed by atoms with van der Waals surface area (Å²) in [5.74, 6) is -0.396. The van der Waals surface area contributed by atoms with Crippen molar-refractivity contribution in [2.45, 2.75) is 13.8 Å². The summed E-state index contributed by atoms with van der Waals surface area (Å²) in [6.07, 6.45) is 0. The zero-order valence-corrected chi connectivity index (χ0v) is 18.9. The van der Waals surface area contributed by atoms with Crippen molar-refractivity contribution < 1.29 is 18.9 Å². The van der Waals surface area contributed by atoms with Crippen LogP contribution in [0.25, 0.3) is 0 Å². The first-order valence-electron chi connectivity index (χ1n) is 9.01. The van der Waals surface area contributed by atoms with Crippen LogP contribution in [0.2, 0.25) is 10.0 Å². The molecule has 7 heteroatoms. The minimum absolute atomic E-state index is 0.0172. The highest BCUT2D eigenvalue weighted by Crippen LogP contribution is 2.41. The van der Waals surface area contributed by atoms with E-state index in [1.54, 1.807) is 56.3 Å². The molecule has 3 aromatic carbocycles. The molecule has 0 aliphatic heterocycles. The van der Waals surface area contributed by atoms with Gasteiger partial charge in [-0.1, -0.05) is 76.3 Å². The Hall–Kier alpha value is -2.52. The van der Waals surface area contributed by atoms with Gasteiger partial charge in [-0.3, -0.25) is 4.79 Å². The van der Waals surface area contributed by atoms with Gasteiger partial charge in [0.05, 0.1) is 22.7 Å². The Morgan fingerprint density at radius 3 is 2.10 bits per heavy atom. The van der Waals surface area contributed by atoms with Gasteiger partial charge in [-0.2, -0.15) is 0 Å². The lowest BCUT2D eigenvalue weighted by molar-refractivity contribution is 0.103. The lowest BCUT2D eigenvalue weighted by Crippen LogP contribution is -2.14. The van der Waals surface area contributed by atoms with E-state index in [-0.39, 0.29) is 32.4 Å². The van der Waals surface area contributed by atoms with Crippen LogP contribution >= 0.6 is 31.0 Å². The number of ether oxygens (including phenoxy) is 1. The van der Waals surface area contributed by atoms with E-state index < -0.39 is 13.3 Å². The smallest absolute Gasteiger partial charge is 0.464 e. The molecule has 0 radical (unpaired) electrons. The Morgan fingerprint density at radius 2 is 1.53 bits per heavy atom. The number of ketones is 1. The fraction of sp³-hybridized carbons (Fsp3) is 0.130. The van der Waals surface area contributed by atoms with Crippen LogP contribution in [-0.4, -0.2) is 18.4 Å². The van der Waals surface area contributed by atoms with E-state index in [2.05, 4.69) is 0 Å². The molecule has 0 aromatic heterocycles. The summed E-state index contributed by atoms with van der Waals surface area (Å²) < 4.78 is 18.6. The predicted octanol–water partition coefficient (Wildman–Crippen LogP) is 6.14. The average Bonchev–Trinajstić information content (AvgIpc) is 2.74. The fourth-order valence-electron chi connectivity index (χ4n) is 3.23. The van der Waals surface area contributed by atoms with Crippen molar-refractivity contribution in [2.24, 2.45) is 0 Å². The van der Waals surface area contributed by atoms with Crippen molar-refractivity contribution in [2.75, 3.05) is 7.11 Å². The fourth-order valence-corrected chi connectivity index (χ4v) is 5.44. The van der Waals surface area contributed by atoms with Gasteiger partial charge in [0.25, 0.3) is 5.30 Å². The molecular formula is C23H18Cl2O4P+. The molecule has 1 unspecified atom stereocenters.